The second kappa shape index (κ2) is 3.69. The van der Waals surface area contributed by atoms with Crippen molar-refractivity contribution in [2.75, 3.05) is 6.54 Å². The highest BCUT2D eigenvalue weighted by Gasteiger charge is 2.51. The first-order valence-electron chi connectivity index (χ1n) is 5.60. The van der Waals surface area contributed by atoms with E-state index in [1.165, 1.54) is 0 Å². The maximum Gasteiger partial charge on any atom is 0.148 e. The van der Waals surface area contributed by atoms with Gasteiger partial charge >= 0.3 is 0 Å². The van der Waals surface area contributed by atoms with Crippen molar-refractivity contribution in [2.45, 2.75) is 65.5 Å². The van der Waals surface area contributed by atoms with Crippen molar-refractivity contribution in [3.63, 3.8) is 0 Å². The Kier molecular flexibility index (Phi) is 3.17. The summed E-state index contributed by atoms with van der Waals surface area (Å²) < 4.78 is 27.3. The molecular formula is C12H23F2N. The molecule has 1 rings (SSSR count). The number of alkyl halides is 2. The van der Waals surface area contributed by atoms with Gasteiger partial charge in [-0.05, 0) is 26.2 Å². The topological polar surface area (TPSA) is 3.24 Å². The first-order valence-corrected chi connectivity index (χ1v) is 5.60. The van der Waals surface area contributed by atoms with Crippen molar-refractivity contribution in [1.82, 2.24) is 4.90 Å². The normalized spacial score (nSPS) is 34.8. The van der Waals surface area contributed by atoms with Crippen LogP contribution in [0.2, 0.25) is 0 Å². The van der Waals surface area contributed by atoms with Crippen LogP contribution in [0.3, 0.4) is 0 Å². The lowest BCUT2D eigenvalue weighted by molar-refractivity contribution is 0.0288. The molecule has 0 spiro atoms. The first kappa shape index (κ1) is 12.9. The van der Waals surface area contributed by atoms with Crippen LogP contribution >= 0.6 is 0 Å². The fourth-order valence-electron chi connectivity index (χ4n) is 2.41. The van der Waals surface area contributed by atoms with Crippen LogP contribution in [-0.4, -0.2) is 35.4 Å². The fraction of sp³-hybridized carbons (Fsp3) is 1.00. The Balaban J connectivity index is 2.98. The van der Waals surface area contributed by atoms with Crippen LogP contribution in [0.4, 0.5) is 8.78 Å². The summed E-state index contributed by atoms with van der Waals surface area (Å²) in [7, 11) is 0. The number of hydrogen-bond acceptors (Lipinski definition) is 1. The van der Waals surface area contributed by atoms with Crippen molar-refractivity contribution in [3.05, 3.63) is 0 Å². The second-order valence-electron chi connectivity index (χ2n) is 6.59. The molecule has 1 aliphatic rings. The Hall–Kier alpha value is -0.180. The summed E-state index contributed by atoms with van der Waals surface area (Å²) in [6, 6.07) is -0.326. The van der Waals surface area contributed by atoms with Gasteiger partial charge in [-0.3, -0.25) is 4.90 Å². The highest BCUT2D eigenvalue weighted by atomic mass is 19.2. The van der Waals surface area contributed by atoms with Gasteiger partial charge in [0.05, 0.1) is 0 Å². The molecule has 0 aromatic carbocycles. The van der Waals surface area contributed by atoms with Gasteiger partial charge in [0.15, 0.2) is 0 Å². The van der Waals surface area contributed by atoms with E-state index in [1.54, 1.807) is 0 Å². The lowest BCUT2D eigenvalue weighted by Crippen LogP contribution is -2.52. The van der Waals surface area contributed by atoms with E-state index in [0.717, 1.165) is 0 Å². The third-order valence-electron chi connectivity index (χ3n) is 3.10. The van der Waals surface area contributed by atoms with Gasteiger partial charge in [-0.1, -0.05) is 20.8 Å². The molecule has 0 amide bonds. The van der Waals surface area contributed by atoms with Crippen molar-refractivity contribution in [1.29, 1.82) is 0 Å². The van der Waals surface area contributed by atoms with E-state index in [9.17, 15) is 8.78 Å². The molecule has 15 heavy (non-hydrogen) atoms. The van der Waals surface area contributed by atoms with E-state index in [4.69, 9.17) is 0 Å². The minimum absolute atomic E-state index is 0.177. The lowest BCUT2D eigenvalue weighted by Gasteiger charge is -2.43. The maximum absolute atomic E-state index is 13.8. The monoisotopic (exact) mass is 219 g/mol. The predicted molar refractivity (Wildman–Crippen MR) is 59.5 cm³/mol. The van der Waals surface area contributed by atoms with E-state index in [2.05, 4.69) is 0 Å². The molecule has 3 heteroatoms. The van der Waals surface area contributed by atoms with Crippen molar-refractivity contribution < 1.29 is 8.78 Å². The van der Waals surface area contributed by atoms with Crippen LogP contribution < -0.4 is 0 Å². The zero-order valence-electron chi connectivity index (χ0n) is 10.6. The SMILES string of the molecule is CC(C)(C)[C@@H]1[C@H](F)[C@@H](F)CN1C(C)(C)C. The molecule has 0 radical (unpaired) electrons. The molecule has 0 aromatic rings. The minimum Gasteiger partial charge on any atom is -0.289 e. The summed E-state index contributed by atoms with van der Waals surface area (Å²) in [5.41, 5.74) is -0.406. The van der Waals surface area contributed by atoms with E-state index < -0.39 is 12.3 Å². The standard InChI is InChI=1S/C12H23F2N/c1-11(2,3)10-9(14)8(13)7-15(10)12(4,5)6/h8-10H,7H2,1-6H3/t8-,9+,10-/m0/s1. The number of rotatable bonds is 0. The average molecular weight is 219 g/mol. The third-order valence-corrected chi connectivity index (χ3v) is 3.10. The van der Waals surface area contributed by atoms with E-state index in [1.807, 2.05) is 46.4 Å². The van der Waals surface area contributed by atoms with Gasteiger partial charge in [0.2, 0.25) is 0 Å². The van der Waals surface area contributed by atoms with Gasteiger partial charge in [0.25, 0.3) is 0 Å². The highest BCUT2D eigenvalue weighted by Crippen LogP contribution is 2.39. The molecule has 0 bridgehead atoms. The van der Waals surface area contributed by atoms with Gasteiger partial charge < -0.3 is 0 Å². The van der Waals surface area contributed by atoms with Crippen LogP contribution in [0.1, 0.15) is 41.5 Å². The van der Waals surface area contributed by atoms with Gasteiger partial charge in [-0.2, -0.15) is 0 Å². The molecular weight excluding hydrogens is 196 g/mol. The quantitative estimate of drug-likeness (QED) is 0.605. The molecule has 90 valence electrons. The molecule has 1 heterocycles. The Labute approximate surface area is 91.8 Å². The largest absolute Gasteiger partial charge is 0.289 e. The molecule has 0 N–H and O–H groups in total. The summed E-state index contributed by atoms with van der Waals surface area (Å²) in [4.78, 5) is 1.96. The predicted octanol–water partition coefficient (Wildman–Crippen LogP) is 3.19. The molecule has 1 saturated heterocycles. The van der Waals surface area contributed by atoms with Crippen LogP contribution in [0, 0.1) is 5.41 Å². The Bertz CT molecular complexity index is 227. The van der Waals surface area contributed by atoms with Gasteiger partial charge in [0.1, 0.15) is 12.3 Å². The van der Waals surface area contributed by atoms with Crippen LogP contribution in [0.15, 0.2) is 0 Å². The van der Waals surface area contributed by atoms with Crippen LogP contribution in [0.5, 0.6) is 0 Å². The highest BCUT2D eigenvalue weighted by molar-refractivity contribution is 5.03. The summed E-state index contributed by atoms with van der Waals surface area (Å²) in [5.74, 6) is 0. The van der Waals surface area contributed by atoms with Crippen LogP contribution in [-0.2, 0) is 0 Å². The van der Waals surface area contributed by atoms with E-state index in [0.29, 0.717) is 0 Å². The molecule has 0 aromatic heterocycles. The fourth-order valence-corrected chi connectivity index (χ4v) is 2.41. The van der Waals surface area contributed by atoms with Gasteiger partial charge in [-0.15, -0.1) is 0 Å². The molecule has 3 atom stereocenters. The summed E-state index contributed by atoms with van der Waals surface area (Å²) >= 11 is 0. The summed E-state index contributed by atoms with van der Waals surface area (Å²) in [6.07, 6.45) is -2.70. The molecule has 0 saturated carbocycles. The van der Waals surface area contributed by atoms with Crippen LogP contribution in [0.25, 0.3) is 0 Å². The van der Waals surface area contributed by atoms with Gasteiger partial charge in [0, 0.05) is 18.1 Å². The van der Waals surface area contributed by atoms with E-state index in [-0.39, 0.29) is 23.5 Å². The molecule has 0 unspecified atom stereocenters. The Morgan fingerprint density at radius 3 is 1.73 bits per heavy atom. The maximum atomic E-state index is 13.8. The number of hydrogen-bond donors (Lipinski definition) is 0. The summed E-state index contributed by atoms with van der Waals surface area (Å²) in [5, 5.41) is 0. The average Bonchev–Trinajstić information content (AvgIpc) is 2.25. The molecule has 1 aliphatic heterocycles. The first-order chi connectivity index (χ1) is 6.55. The number of likely N-dealkylation sites (tertiary alicyclic amines) is 1. The van der Waals surface area contributed by atoms with Crippen molar-refractivity contribution in [3.8, 4) is 0 Å². The van der Waals surface area contributed by atoms with Gasteiger partial charge in [-0.25, -0.2) is 8.78 Å². The zero-order valence-corrected chi connectivity index (χ0v) is 10.6. The Morgan fingerprint density at radius 2 is 1.47 bits per heavy atom. The smallest absolute Gasteiger partial charge is 0.148 e. The van der Waals surface area contributed by atoms with Crippen molar-refractivity contribution >= 4 is 0 Å². The zero-order chi connectivity index (χ0) is 12.0. The third kappa shape index (κ3) is 2.49. The van der Waals surface area contributed by atoms with Crippen molar-refractivity contribution in [2.24, 2.45) is 5.41 Å². The molecule has 0 aliphatic carbocycles. The number of nitrogens with zero attached hydrogens (tertiary/aromatic N) is 1. The number of halogens is 2. The van der Waals surface area contributed by atoms with E-state index >= 15 is 0 Å². The Morgan fingerprint density at radius 1 is 1.00 bits per heavy atom. The minimum atomic E-state index is -1.36. The second-order valence-corrected chi connectivity index (χ2v) is 6.59. The molecule has 1 nitrogen and oxygen atoms in total. The summed E-state index contributed by atoms with van der Waals surface area (Å²) in [6.45, 7) is 12.2. The molecule has 1 fully saturated rings. The lowest BCUT2D eigenvalue weighted by atomic mass is 9.82.